The van der Waals surface area contributed by atoms with Crippen molar-refractivity contribution >= 4 is 35.2 Å². The van der Waals surface area contributed by atoms with Gasteiger partial charge in [0, 0.05) is 43.6 Å². The van der Waals surface area contributed by atoms with Crippen LogP contribution in [0.4, 0.5) is 26.8 Å². The molecular formula is C19H22N6O3. The molecule has 1 aliphatic rings. The molecule has 0 aliphatic carbocycles. The lowest BCUT2D eigenvalue weighted by atomic mass is 10.2. The van der Waals surface area contributed by atoms with Gasteiger partial charge in [-0.25, -0.2) is 14.6 Å². The minimum Gasteiger partial charge on any atom is -0.337 e. The molecule has 3 rings (SSSR count). The molecule has 2 aromatic rings. The number of pyridine rings is 1. The summed E-state index contributed by atoms with van der Waals surface area (Å²) >= 11 is 0. The Bertz CT molecular complexity index is 868. The van der Waals surface area contributed by atoms with E-state index in [1.165, 1.54) is 0 Å². The Morgan fingerprint density at radius 3 is 2.79 bits per heavy atom. The molecule has 4 N–H and O–H groups in total. The molecule has 0 bridgehead atoms. The molecule has 9 heteroatoms. The number of nitrogens with one attached hydrogen (secondary N) is 4. The number of aromatic nitrogens is 1. The summed E-state index contributed by atoms with van der Waals surface area (Å²) in [6.45, 7) is 3.27. The third-order valence-corrected chi connectivity index (χ3v) is 4.09. The van der Waals surface area contributed by atoms with Gasteiger partial charge >= 0.3 is 12.1 Å². The third-order valence-electron chi connectivity index (χ3n) is 4.09. The second kappa shape index (κ2) is 8.85. The molecule has 1 aliphatic heterocycles. The normalized spacial score (nSPS) is 13.0. The number of carbonyl (C=O) groups excluding carboxylic acids is 3. The molecule has 2 heterocycles. The fourth-order valence-corrected chi connectivity index (χ4v) is 2.68. The summed E-state index contributed by atoms with van der Waals surface area (Å²) in [5, 5.41) is 10.7. The van der Waals surface area contributed by atoms with Gasteiger partial charge < -0.3 is 21.3 Å². The zero-order valence-corrected chi connectivity index (χ0v) is 15.5. The van der Waals surface area contributed by atoms with Crippen molar-refractivity contribution in [2.24, 2.45) is 0 Å². The van der Waals surface area contributed by atoms with Crippen molar-refractivity contribution in [2.75, 3.05) is 35.2 Å². The minimum absolute atomic E-state index is 0.122. The molecular weight excluding hydrogens is 360 g/mol. The molecule has 1 aromatic carbocycles. The molecule has 0 spiro atoms. The van der Waals surface area contributed by atoms with Crippen molar-refractivity contribution in [2.45, 2.75) is 13.3 Å². The fraction of sp³-hybridized carbons (Fsp3) is 0.263. The highest BCUT2D eigenvalue weighted by Crippen LogP contribution is 2.20. The summed E-state index contributed by atoms with van der Waals surface area (Å²) in [5.74, 6) is 0.238. The molecule has 1 fully saturated rings. The SMILES string of the molecule is Cc1ccc(NC(=O)CCNC(=O)Nc2cccc(N3CCNC3=O)c2)nc1. The number of anilines is 3. The number of carbonyl (C=O) groups is 3. The molecule has 1 aromatic heterocycles. The van der Waals surface area contributed by atoms with Gasteiger partial charge in [0.25, 0.3) is 0 Å². The molecule has 0 saturated carbocycles. The number of urea groups is 2. The second-order valence-corrected chi connectivity index (χ2v) is 6.33. The Balaban J connectivity index is 1.43. The fourth-order valence-electron chi connectivity index (χ4n) is 2.68. The van der Waals surface area contributed by atoms with Crippen molar-refractivity contribution in [1.82, 2.24) is 15.6 Å². The van der Waals surface area contributed by atoms with Crippen molar-refractivity contribution in [3.05, 3.63) is 48.2 Å². The number of nitrogens with zero attached hydrogens (tertiary/aromatic N) is 2. The van der Waals surface area contributed by atoms with E-state index in [9.17, 15) is 14.4 Å². The molecule has 146 valence electrons. The van der Waals surface area contributed by atoms with Crippen LogP contribution in [0, 0.1) is 6.92 Å². The van der Waals surface area contributed by atoms with E-state index in [1.807, 2.05) is 13.0 Å². The standard InChI is InChI=1S/C19H22N6O3/c1-13-5-6-16(22-12-13)24-17(26)7-8-20-18(27)23-14-3-2-4-15(11-14)25-10-9-21-19(25)28/h2-6,11-12H,7-10H2,1H3,(H,21,28)(H2,20,23,27)(H,22,24,26). The molecule has 5 amide bonds. The molecule has 0 atom stereocenters. The Hall–Kier alpha value is -3.62. The van der Waals surface area contributed by atoms with Gasteiger partial charge in [0.1, 0.15) is 5.82 Å². The zero-order valence-electron chi connectivity index (χ0n) is 15.5. The maximum atomic E-state index is 12.0. The van der Waals surface area contributed by atoms with Crippen LogP contribution in [0.15, 0.2) is 42.6 Å². The van der Waals surface area contributed by atoms with Gasteiger partial charge in [-0.1, -0.05) is 12.1 Å². The Morgan fingerprint density at radius 2 is 2.07 bits per heavy atom. The van der Waals surface area contributed by atoms with Crippen LogP contribution in [-0.2, 0) is 4.79 Å². The molecule has 0 unspecified atom stereocenters. The third kappa shape index (κ3) is 5.19. The maximum absolute atomic E-state index is 12.0. The average molecular weight is 382 g/mol. The Morgan fingerprint density at radius 1 is 1.21 bits per heavy atom. The van der Waals surface area contributed by atoms with Crippen LogP contribution >= 0.6 is 0 Å². The van der Waals surface area contributed by atoms with Crippen molar-refractivity contribution in [3.63, 3.8) is 0 Å². The van der Waals surface area contributed by atoms with Crippen LogP contribution in [0.5, 0.6) is 0 Å². The summed E-state index contributed by atoms with van der Waals surface area (Å²) in [5.41, 5.74) is 2.27. The predicted octanol–water partition coefficient (Wildman–Crippen LogP) is 2.07. The largest absolute Gasteiger partial charge is 0.337 e. The monoisotopic (exact) mass is 382 g/mol. The van der Waals surface area contributed by atoms with Crippen LogP contribution < -0.4 is 26.2 Å². The zero-order chi connectivity index (χ0) is 19.9. The van der Waals surface area contributed by atoms with Gasteiger partial charge in [0.15, 0.2) is 0 Å². The predicted molar refractivity (Wildman–Crippen MR) is 106 cm³/mol. The molecule has 1 saturated heterocycles. The van der Waals surface area contributed by atoms with E-state index in [0.717, 1.165) is 5.56 Å². The van der Waals surface area contributed by atoms with E-state index in [2.05, 4.69) is 26.3 Å². The van der Waals surface area contributed by atoms with Crippen LogP contribution in [0.1, 0.15) is 12.0 Å². The lowest BCUT2D eigenvalue weighted by molar-refractivity contribution is -0.116. The van der Waals surface area contributed by atoms with Crippen molar-refractivity contribution < 1.29 is 14.4 Å². The summed E-state index contributed by atoms with van der Waals surface area (Å²) in [6, 6.07) is 10.0. The minimum atomic E-state index is -0.427. The van der Waals surface area contributed by atoms with Gasteiger partial charge in [-0.3, -0.25) is 9.69 Å². The van der Waals surface area contributed by atoms with Crippen LogP contribution in [-0.4, -0.2) is 42.6 Å². The first-order chi connectivity index (χ1) is 13.5. The van der Waals surface area contributed by atoms with Gasteiger partial charge in [-0.15, -0.1) is 0 Å². The first-order valence-corrected chi connectivity index (χ1v) is 8.94. The van der Waals surface area contributed by atoms with Gasteiger partial charge in [-0.05, 0) is 36.8 Å². The number of rotatable bonds is 6. The highest BCUT2D eigenvalue weighted by molar-refractivity contribution is 5.96. The van der Waals surface area contributed by atoms with E-state index in [0.29, 0.717) is 30.3 Å². The topological polar surface area (TPSA) is 115 Å². The number of aryl methyl sites for hydroxylation is 1. The van der Waals surface area contributed by atoms with Crippen LogP contribution in [0.2, 0.25) is 0 Å². The number of hydrogen-bond acceptors (Lipinski definition) is 4. The van der Waals surface area contributed by atoms with E-state index in [4.69, 9.17) is 0 Å². The van der Waals surface area contributed by atoms with Gasteiger partial charge in [-0.2, -0.15) is 0 Å². The second-order valence-electron chi connectivity index (χ2n) is 6.33. The first kappa shape index (κ1) is 19.2. The quantitative estimate of drug-likeness (QED) is 0.612. The summed E-state index contributed by atoms with van der Waals surface area (Å²) < 4.78 is 0. The molecule has 28 heavy (non-hydrogen) atoms. The molecule has 9 nitrogen and oxygen atoms in total. The molecule has 0 radical (unpaired) electrons. The lowest BCUT2D eigenvalue weighted by Gasteiger charge is -2.15. The maximum Gasteiger partial charge on any atom is 0.321 e. The first-order valence-electron chi connectivity index (χ1n) is 8.94. The number of benzene rings is 1. The highest BCUT2D eigenvalue weighted by atomic mass is 16.2. The van der Waals surface area contributed by atoms with E-state index < -0.39 is 6.03 Å². The Labute approximate surface area is 162 Å². The average Bonchev–Trinajstić information content (AvgIpc) is 3.10. The number of hydrogen-bond donors (Lipinski definition) is 4. The summed E-state index contributed by atoms with van der Waals surface area (Å²) in [7, 11) is 0. The number of amides is 5. The lowest BCUT2D eigenvalue weighted by Crippen LogP contribution is -2.32. The van der Waals surface area contributed by atoms with Crippen LogP contribution in [0.25, 0.3) is 0 Å². The van der Waals surface area contributed by atoms with Crippen molar-refractivity contribution in [3.8, 4) is 0 Å². The van der Waals surface area contributed by atoms with E-state index in [-0.39, 0.29) is 24.9 Å². The Kier molecular flexibility index (Phi) is 6.05. The van der Waals surface area contributed by atoms with Gasteiger partial charge in [0.05, 0.1) is 0 Å². The highest BCUT2D eigenvalue weighted by Gasteiger charge is 2.21. The van der Waals surface area contributed by atoms with Gasteiger partial charge in [0.2, 0.25) is 5.91 Å². The summed E-state index contributed by atoms with van der Waals surface area (Å²) in [4.78, 5) is 41.4. The van der Waals surface area contributed by atoms with Crippen LogP contribution in [0.3, 0.4) is 0 Å². The van der Waals surface area contributed by atoms with E-state index in [1.54, 1.807) is 41.4 Å². The van der Waals surface area contributed by atoms with Crippen molar-refractivity contribution in [1.29, 1.82) is 0 Å². The van der Waals surface area contributed by atoms with E-state index >= 15 is 0 Å². The smallest absolute Gasteiger partial charge is 0.321 e. The summed E-state index contributed by atoms with van der Waals surface area (Å²) in [6.07, 6.45) is 1.79.